The number of hydrogen-bond donors (Lipinski definition) is 1. The number of hydrogen-bond acceptors (Lipinski definition) is 5. The van der Waals surface area contributed by atoms with Gasteiger partial charge in [-0.05, 0) is 48.2 Å². The Morgan fingerprint density at radius 1 is 0.900 bits per heavy atom. The summed E-state index contributed by atoms with van der Waals surface area (Å²) in [6.45, 7) is 9.76. The molecule has 0 bridgehead atoms. The van der Waals surface area contributed by atoms with Crippen LogP contribution in [0.4, 0.5) is 0 Å². The van der Waals surface area contributed by atoms with Crippen LogP contribution in [-0.4, -0.2) is 62.7 Å². The Labute approximate surface area is 179 Å². The van der Waals surface area contributed by atoms with E-state index in [1.165, 1.54) is 22.3 Å². The number of nitrogens with one attached hydrogen (secondary N) is 1. The minimum atomic E-state index is 0.0856. The summed E-state index contributed by atoms with van der Waals surface area (Å²) >= 11 is 0. The lowest BCUT2D eigenvalue weighted by Crippen LogP contribution is -2.49. The first-order valence-corrected chi connectivity index (χ1v) is 10.5. The van der Waals surface area contributed by atoms with Gasteiger partial charge in [-0.2, -0.15) is 0 Å². The van der Waals surface area contributed by atoms with Crippen molar-refractivity contribution in [3.05, 3.63) is 58.7 Å². The van der Waals surface area contributed by atoms with Crippen molar-refractivity contribution < 1.29 is 14.3 Å². The molecule has 6 heteroatoms. The first-order valence-electron chi connectivity index (χ1n) is 10.5. The minimum absolute atomic E-state index is 0.0856. The van der Waals surface area contributed by atoms with Gasteiger partial charge in [0, 0.05) is 39.3 Å². The normalized spacial score (nSPS) is 15.1. The van der Waals surface area contributed by atoms with E-state index in [0.717, 1.165) is 44.2 Å². The Kier molecular flexibility index (Phi) is 7.71. The van der Waals surface area contributed by atoms with E-state index in [9.17, 15) is 4.79 Å². The van der Waals surface area contributed by atoms with Crippen molar-refractivity contribution in [3.8, 4) is 11.5 Å². The third-order valence-electron chi connectivity index (χ3n) is 5.81. The molecule has 0 radical (unpaired) electrons. The highest BCUT2D eigenvalue weighted by atomic mass is 16.5. The molecule has 2 aromatic rings. The summed E-state index contributed by atoms with van der Waals surface area (Å²) in [5.74, 6) is 1.62. The standard InChI is InChI=1S/C24H33N3O3/c1-18-7-5-6-8-20(18)15-25-24(28)17-27-11-9-26(10-12-27)16-21-14-23(30-4)22(29-3)13-19(21)2/h5-8,13-14H,9-12,15-17H2,1-4H3,(H,25,28). The molecule has 2 aromatic carbocycles. The van der Waals surface area contributed by atoms with Gasteiger partial charge in [0.2, 0.25) is 5.91 Å². The maximum atomic E-state index is 12.4. The monoisotopic (exact) mass is 411 g/mol. The van der Waals surface area contributed by atoms with Gasteiger partial charge in [-0.3, -0.25) is 14.6 Å². The van der Waals surface area contributed by atoms with Crippen LogP contribution in [0, 0.1) is 13.8 Å². The summed E-state index contributed by atoms with van der Waals surface area (Å²) in [6.07, 6.45) is 0. The molecule has 30 heavy (non-hydrogen) atoms. The van der Waals surface area contributed by atoms with E-state index < -0.39 is 0 Å². The summed E-state index contributed by atoms with van der Waals surface area (Å²) in [5, 5.41) is 3.05. The molecule has 1 saturated heterocycles. The van der Waals surface area contributed by atoms with Crippen LogP contribution in [0.25, 0.3) is 0 Å². The Morgan fingerprint density at radius 2 is 1.53 bits per heavy atom. The Balaban J connectivity index is 1.46. The highest BCUT2D eigenvalue weighted by Crippen LogP contribution is 2.30. The number of benzene rings is 2. The predicted molar refractivity (Wildman–Crippen MR) is 119 cm³/mol. The first kappa shape index (κ1) is 22.1. The molecule has 1 aliphatic rings. The molecular weight excluding hydrogens is 378 g/mol. The second kappa shape index (κ2) is 10.5. The highest BCUT2D eigenvalue weighted by molar-refractivity contribution is 5.78. The Hall–Kier alpha value is -2.57. The third-order valence-corrected chi connectivity index (χ3v) is 5.81. The molecule has 0 atom stereocenters. The van der Waals surface area contributed by atoms with Crippen LogP contribution in [0.3, 0.4) is 0 Å². The summed E-state index contributed by atoms with van der Waals surface area (Å²) in [6, 6.07) is 12.3. The second-order valence-corrected chi connectivity index (χ2v) is 7.89. The zero-order chi connectivity index (χ0) is 21.5. The fraction of sp³-hybridized carbons (Fsp3) is 0.458. The lowest BCUT2D eigenvalue weighted by atomic mass is 10.1. The molecule has 0 saturated carbocycles. The Morgan fingerprint density at radius 3 is 2.20 bits per heavy atom. The van der Waals surface area contributed by atoms with Crippen LogP contribution in [0.2, 0.25) is 0 Å². The number of piperazine rings is 1. The third kappa shape index (κ3) is 5.74. The predicted octanol–water partition coefficient (Wildman–Crippen LogP) is 2.75. The smallest absolute Gasteiger partial charge is 0.234 e. The number of aryl methyl sites for hydroxylation is 2. The highest BCUT2D eigenvalue weighted by Gasteiger charge is 2.20. The summed E-state index contributed by atoms with van der Waals surface area (Å²) < 4.78 is 10.8. The number of carbonyl (C=O) groups is 1. The average molecular weight is 412 g/mol. The molecule has 1 heterocycles. The zero-order valence-electron chi connectivity index (χ0n) is 18.5. The number of carbonyl (C=O) groups excluding carboxylic acids is 1. The van der Waals surface area contributed by atoms with E-state index in [-0.39, 0.29) is 5.91 Å². The van der Waals surface area contributed by atoms with E-state index in [1.807, 2.05) is 18.2 Å². The molecule has 1 aliphatic heterocycles. The van der Waals surface area contributed by atoms with Crippen molar-refractivity contribution in [1.29, 1.82) is 0 Å². The SMILES string of the molecule is COc1cc(C)c(CN2CCN(CC(=O)NCc3ccccc3C)CC2)cc1OC. The number of rotatable bonds is 8. The molecule has 1 N–H and O–H groups in total. The van der Waals surface area contributed by atoms with Crippen LogP contribution < -0.4 is 14.8 Å². The maximum absolute atomic E-state index is 12.4. The van der Waals surface area contributed by atoms with Crippen LogP contribution in [-0.2, 0) is 17.9 Å². The van der Waals surface area contributed by atoms with Gasteiger partial charge in [0.25, 0.3) is 0 Å². The van der Waals surface area contributed by atoms with Gasteiger partial charge in [0.15, 0.2) is 11.5 Å². The van der Waals surface area contributed by atoms with E-state index >= 15 is 0 Å². The van der Waals surface area contributed by atoms with Gasteiger partial charge < -0.3 is 14.8 Å². The van der Waals surface area contributed by atoms with Gasteiger partial charge in [0.1, 0.15) is 0 Å². The quantitative estimate of drug-likeness (QED) is 0.724. The lowest BCUT2D eigenvalue weighted by Gasteiger charge is -2.34. The van der Waals surface area contributed by atoms with Crippen molar-refractivity contribution in [3.63, 3.8) is 0 Å². The van der Waals surface area contributed by atoms with Gasteiger partial charge >= 0.3 is 0 Å². The van der Waals surface area contributed by atoms with Crippen molar-refractivity contribution in [2.75, 3.05) is 46.9 Å². The minimum Gasteiger partial charge on any atom is -0.493 e. The molecule has 6 nitrogen and oxygen atoms in total. The molecule has 1 fully saturated rings. The zero-order valence-corrected chi connectivity index (χ0v) is 18.5. The summed E-state index contributed by atoms with van der Waals surface area (Å²) in [7, 11) is 3.33. The van der Waals surface area contributed by atoms with Crippen molar-refractivity contribution in [1.82, 2.24) is 15.1 Å². The average Bonchev–Trinajstić information content (AvgIpc) is 2.75. The molecular formula is C24H33N3O3. The van der Waals surface area contributed by atoms with Gasteiger partial charge in [-0.1, -0.05) is 24.3 Å². The van der Waals surface area contributed by atoms with E-state index in [2.05, 4.69) is 47.2 Å². The molecule has 0 unspecified atom stereocenters. The summed E-state index contributed by atoms with van der Waals surface area (Å²) in [5.41, 5.74) is 4.82. The number of amides is 1. The molecule has 162 valence electrons. The number of methoxy groups -OCH3 is 2. The van der Waals surface area contributed by atoms with E-state index in [4.69, 9.17) is 9.47 Å². The van der Waals surface area contributed by atoms with Crippen molar-refractivity contribution in [2.45, 2.75) is 26.9 Å². The number of ether oxygens (including phenoxy) is 2. The second-order valence-electron chi connectivity index (χ2n) is 7.89. The molecule has 0 spiro atoms. The van der Waals surface area contributed by atoms with Crippen molar-refractivity contribution in [2.24, 2.45) is 0 Å². The van der Waals surface area contributed by atoms with Crippen LogP contribution >= 0.6 is 0 Å². The molecule has 0 aliphatic carbocycles. The maximum Gasteiger partial charge on any atom is 0.234 e. The fourth-order valence-electron chi connectivity index (χ4n) is 3.80. The topological polar surface area (TPSA) is 54.0 Å². The van der Waals surface area contributed by atoms with E-state index in [0.29, 0.717) is 13.1 Å². The molecule has 0 aromatic heterocycles. The Bertz CT molecular complexity index is 861. The van der Waals surface area contributed by atoms with Crippen molar-refractivity contribution >= 4 is 5.91 Å². The van der Waals surface area contributed by atoms with E-state index in [1.54, 1.807) is 14.2 Å². The van der Waals surface area contributed by atoms with Crippen LogP contribution in [0.5, 0.6) is 11.5 Å². The largest absolute Gasteiger partial charge is 0.493 e. The summed E-state index contributed by atoms with van der Waals surface area (Å²) in [4.78, 5) is 17.0. The van der Waals surface area contributed by atoms with Gasteiger partial charge in [-0.25, -0.2) is 0 Å². The fourth-order valence-corrected chi connectivity index (χ4v) is 3.80. The first-order chi connectivity index (χ1) is 14.5. The van der Waals surface area contributed by atoms with Gasteiger partial charge in [-0.15, -0.1) is 0 Å². The van der Waals surface area contributed by atoms with Gasteiger partial charge in [0.05, 0.1) is 20.8 Å². The lowest BCUT2D eigenvalue weighted by molar-refractivity contribution is -0.122. The molecule has 3 rings (SSSR count). The van der Waals surface area contributed by atoms with Crippen LogP contribution in [0.15, 0.2) is 36.4 Å². The van der Waals surface area contributed by atoms with Crippen LogP contribution in [0.1, 0.15) is 22.3 Å². The number of nitrogens with zero attached hydrogens (tertiary/aromatic N) is 2. The molecule has 1 amide bonds.